The second-order valence-corrected chi connectivity index (χ2v) is 4.09. The molecule has 14 heavy (non-hydrogen) atoms. The Hall–Kier alpha value is -0.770. The number of carbonyl (C=O) groups excluding carboxylic acids is 1. The van der Waals surface area contributed by atoms with Crippen LogP contribution >= 0.6 is 0 Å². The van der Waals surface area contributed by atoms with Crippen molar-refractivity contribution in [2.24, 2.45) is 11.8 Å². The fourth-order valence-corrected chi connectivity index (χ4v) is 1.92. The molecule has 1 aliphatic heterocycles. The molecule has 0 aromatic heterocycles. The first-order valence-electron chi connectivity index (χ1n) is 5.22. The number of hydrogen-bond acceptors (Lipinski definition) is 2. The van der Waals surface area contributed by atoms with Crippen LogP contribution in [0.3, 0.4) is 0 Å². The van der Waals surface area contributed by atoms with Gasteiger partial charge in [0.15, 0.2) is 0 Å². The highest BCUT2D eigenvalue weighted by atomic mass is 16.5. The van der Waals surface area contributed by atoms with Crippen LogP contribution in [0.1, 0.15) is 20.3 Å². The van der Waals surface area contributed by atoms with Gasteiger partial charge in [0, 0.05) is 26.1 Å². The van der Waals surface area contributed by atoms with E-state index >= 15 is 0 Å². The maximum atomic E-state index is 11.0. The van der Waals surface area contributed by atoms with E-state index in [0.717, 1.165) is 13.0 Å². The maximum Gasteiger partial charge on any atom is 0.314 e. The van der Waals surface area contributed by atoms with Gasteiger partial charge in [-0.25, -0.2) is 4.79 Å². The van der Waals surface area contributed by atoms with E-state index in [2.05, 4.69) is 24.5 Å². The Kier molecular flexibility index (Phi) is 4.20. The molecule has 2 N–H and O–H groups in total. The first-order chi connectivity index (χ1) is 6.65. The second-order valence-electron chi connectivity index (χ2n) is 4.09. The molecule has 1 aliphatic rings. The molecule has 1 fully saturated rings. The Balaban J connectivity index is 2.32. The van der Waals surface area contributed by atoms with Gasteiger partial charge in [0.25, 0.3) is 0 Å². The molecule has 4 nitrogen and oxygen atoms in total. The van der Waals surface area contributed by atoms with Crippen LogP contribution in [0.25, 0.3) is 0 Å². The van der Waals surface area contributed by atoms with Crippen molar-refractivity contribution in [2.45, 2.75) is 26.4 Å². The normalized spacial score (nSPS) is 26.6. The lowest BCUT2D eigenvalue weighted by Gasteiger charge is -2.22. The van der Waals surface area contributed by atoms with Crippen molar-refractivity contribution in [3.63, 3.8) is 0 Å². The minimum atomic E-state index is -0.112. The number of carbonyl (C=O) groups is 1. The molecule has 1 heterocycles. The van der Waals surface area contributed by atoms with Gasteiger partial charge in [-0.05, 0) is 12.3 Å². The summed E-state index contributed by atoms with van der Waals surface area (Å²) in [6.45, 7) is 5.84. The van der Waals surface area contributed by atoms with Crippen LogP contribution in [-0.2, 0) is 4.74 Å². The molecule has 0 saturated carbocycles. The molecule has 0 aromatic rings. The molecule has 1 saturated heterocycles. The molecule has 0 spiro atoms. The van der Waals surface area contributed by atoms with Crippen LogP contribution < -0.4 is 10.6 Å². The van der Waals surface area contributed by atoms with Crippen molar-refractivity contribution < 1.29 is 9.53 Å². The zero-order valence-electron chi connectivity index (χ0n) is 9.17. The van der Waals surface area contributed by atoms with Crippen molar-refractivity contribution in [1.82, 2.24) is 10.6 Å². The predicted octanol–water partition coefficient (Wildman–Crippen LogP) is 0.976. The molecule has 4 heteroatoms. The average Bonchev–Trinajstić information content (AvgIpc) is 2.62. The number of nitrogens with one attached hydrogen (secondary N) is 2. The van der Waals surface area contributed by atoms with Gasteiger partial charge in [-0.2, -0.15) is 0 Å². The maximum absolute atomic E-state index is 11.0. The number of urea groups is 1. The zero-order valence-corrected chi connectivity index (χ0v) is 9.17. The molecule has 0 radical (unpaired) electrons. The topological polar surface area (TPSA) is 50.4 Å². The van der Waals surface area contributed by atoms with Crippen molar-refractivity contribution >= 4 is 6.03 Å². The third-order valence-corrected chi connectivity index (χ3v) is 2.67. The summed E-state index contributed by atoms with van der Waals surface area (Å²) < 4.78 is 5.62. The minimum Gasteiger partial charge on any atom is -0.378 e. The zero-order chi connectivity index (χ0) is 10.6. The van der Waals surface area contributed by atoms with Gasteiger partial charge in [-0.3, -0.25) is 0 Å². The lowest BCUT2D eigenvalue weighted by atomic mass is 9.93. The summed E-state index contributed by atoms with van der Waals surface area (Å²) >= 11 is 0. The van der Waals surface area contributed by atoms with Crippen molar-refractivity contribution in [3.8, 4) is 0 Å². The summed E-state index contributed by atoms with van der Waals surface area (Å²) in [7, 11) is 1.63. The van der Waals surface area contributed by atoms with Crippen molar-refractivity contribution in [2.75, 3.05) is 20.2 Å². The van der Waals surface area contributed by atoms with Gasteiger partial charge in [-0.15, -0.1) is 0 Å². The van der Waals surface area contributed by atoms with Gasteiger partial charge in [-0.1, -0.05) is 13.8 Å². The lowest BCUT2D eigenvalue weighted by Crippen LogP contribution is -2.39. The second kappa shape index (κ2) is 5.20. The largest absolute Gasteiger partial charge is 0.378 e. The van der Waals surface area contributed by atoms with E-state index in [0.29, 0.717) is 24.5 Å². The van der Waals surface area contributed by atoms with Crippen LogP contribution in [0.4, 0.5) is 4.79 Å². The van der Waals surface area contributed by atoms with E-state index in [1.807, 2.05) is 0 Å². The number of hydrogen-bond donors (Lipinski definition) is 2. The van der Waals surface area contributed by atoms with Crippen molar-refractivity contribution in [1.29, 1.82) is 0 Å². The fraction of sp³-hybridized carbons (Fsp3) is 0.900. The van der Waals surface area contributed by atoms with Crippen LogP contribution in [0.15, 0.2) is 0 Å². The van der Waals surface area contributed by atoms with Crippen LogP contribution in [0.5, 0.6) is 0 Å². The van der Waals surface area contributed by atoms with Gasteiger partial charge < -0.3 is 15.4 Å². The molecular formula is C10H20N2O2. The number of amides is 2. The lowest BCUT2D eigenvalue weighted by molar-refractivity contribution is 0.0545. The predicted molar refractivity (Wildman–Crippen MR) is 55.1 cm³/mol. The third-order valence-electron chi connectivity index (χ3n) is 2.67. The first-order valence-corrected chi connectivity index (χ1v) is 5.22. The highest BCUT2D eigenvalue weighted by Gasteiger charge is 2.30. The van der Waals surface area contributed by atoms with E-state index < -0.39 is 0 Å². The summed E-state index contributed by atoms with van der Waals surface area (Å²) in [6.07, 6.45) is 1.35. The summed E-state index contributed by atoms with van der Waals surface area (Å²) in [5.41, 5.74) is 0. The molecule has 0 bridgehead atoms. The van der Waals surface area contributed by atoms with Crippen LogP contribution in [0.2, 0.25) is 0 Å². The number of ether oxygens (including phenoxy) is 1. The molecule has 82 valence electrons. The van der Waals surface area contributed by atoms with Crippen LogP contribution in [0, 0.1) is 11.8 Å². The SMILES string of the molecule is CNC(=O)NCC1CCOC1C(C)C. The summed E-state index contributed by atoms with van der Waals surface area (Å²) in [4.78, 5) is 11.0. The Bertz CT molecular complexity index is 195. The molecule has 2 amide bonds. The molecule has 0 aliphatic carbocycles. The monoisotopic (exact) mass is 200 g/mol. The van der Waals surface area contributed by atoms with Gasteiger partial charge in [0.1, 0.15) is 0 Å². The standard InChI is InChI=1S/C10H20N2O2/c1-7(2)9-8(4-5-14-9)6-12-10(13)11-3/h7-9H,4-6H2,1-3H3,(H2,11,12,13). The minimum absolute atomic E-state index is 0.112. The Morgan fingerprint density at radius 2 is 2.29 bits per heavy atom. The summed E-state index contributed by atoms with van der Waals surface area (Å²) in [5, 5.41) is 5.37. The molecular weight excluding hydrogens is 180 g/mol. The fourth-order valence-electron chi connectivity index (χ4n) is 1.92. The van der Waals surface area contributed by atoms with E-state index in [1.54, 1.807) is 7.05 Å². The van der Waals surface area contributed by atoms with E-state index in [-0.39, 0.29) is 6.03 Å². The average molecular weight is 200 g/mol. The summed E-state index contributed by atoms with van der Waals surface area (Å²) in [5.74, 6) is 0.987. The van der Waals surface area contributed by atoms with E-state index in [9.17, 15) is 4.79 Å². The van der Waals surface area contributed by atoms with E-state index in [4.69, 9.17) is 4.74 Å². The third kappa shape index (κ3) is 2.87. The highest BCUT2D eigenvalue weighted by molar-refractivity contribution is 5.73. The first kappa shape index (κ1) is 11.3. The molecule has 0 aromatic carbocycles. The van der Waals surface area contributed by atoms with Gasteiger partial charge >= 0.3 is 6.03 Å². The Morgan fingerprint density at radius 1 is 1.57 bits per heavy atom. The highest BCUT2D eigenvalue weighted by Crippen LogP contribution is 2.25. The van der Waals surface area contributed by atoms with Gasteiger partial charge in [0.2, 0.25) is 0 Å². The summed E-state index contributed by atoms with van der Waals surface area (Å²) in [6, 6.07) is -0.112. The van der Waals surface area contributed by atoms with Gasteiger partial charge in [0.05, 0.1) is 6.10 Å². The Labute approximate surface area is 85.4 Å². The smallest absolute Gasteiger partial charge is 0.314 e. The quantitative estimate of drug-likeness (QED) is 0.713. The number of rotatable bonds is 3. The van der Waals surface area contributed by atoms with Crippen molar-refractivity contribution in [3.05, 3.63) is 0 Å². The molecule has 1 rings (SSSR count). The molecule has 2 unspecified atom stereocenters. The Morgan fingerprint density at radius 3 is 2.86 bits per heavy atom. The molecule has 2 atom stereocenters. The van der Waals surface area contributed by atoms with Crippen LogP contribution in [-0.4, -0.2) is 32.3 Å². The van der Waals surface area contributed by atoms with E-state index in [1.165, 1.54) is 0 Å².